The van der Waals surface area contributed by atoms with E-state index in [-0.39, 0.29) is 5.91 Å². The lowest BCUT2D eigenvalue weighted by atomic mass is 10.3. The Hall–Kier alpha value is -1.78. The van der Waals surface area contributed by atoms with Gasteiger partial charge in [0.15, 0.2) is 12.0 Å². The molecule has 0 aliphatic carbocycles. The van der Waals surface area contributed by atoms with E-state index in [1.54, 1.807) is 16.9 Å². The largest absolute Gasteiger partial charge is 0.321 e. The van der Waals surface area contributed by atoms with Crippen molar-refractivity contribution in [1.82, 2.24) is 37.0 Å². The van der Waals surface area contributed by atoms with E-state index in [1.807, 2.05) is 24.3 Å². The SMILES string of the molecule is O=C(NC1NNNN1)c1ccn(-c2cccc(Br)c2)n1. The number of carbonyl (C=O) groups is 1. The fourth-order valence-corrected chi connectivity index (χ4v) is 2.12. The summed E-state index contributed by atoms with van der Waals surface area (Å²) in [5.74, 6) is -0.283. The minimum Gasteiger partial charge on any atom is -0.321 e. The van der Waals surface area contributed by atoms with Gasteiger partial charge in [0.25, 0.3) is 5.91 Å². The summed E-state index contributed by atoms with van der Waals surface area (Å²) in [7, 11) is 0. The van der Waals surface area contributed by atoms with Gasteiger partial charge in [0.1, 0.15) is 0 Å². The Morgan fingerprint density at radius 2 is 2.10 bits per heavy atom. The summed E-state index contributed by atoms with van der Waals surface area (Å²) >= 11 is 3.40. The number of aromatic nitrogens is 2. The first-order chi connectivity index (χ1) is 9.72. The first-order valence-corrected chi connectivity index (χ1v) is 6.65. The quantitative estimate of drug-likeness (QED) is 0.531. The van der Waals surface area contributed by atoms with Gasteiger partial charge in [-0.05, 0) is 24.3 Å². The zero-order valence-corrected chi connectivity index (χ0v) is 11.8. The Morgan fingerprint density at radius 1 is 1.30 bits per heavy atom. The van der Waals surface area contributed by atoms with Crippen LogP contribution in [0.1, 0.15) is 10.5 Å². The second-order valence-electron chi connectivity index (χ2n) is 4.07. The minimum atomic E-state index is -0.404. The molecule has 3 rings (SSSR count). The summed E-state index contributed by atoms with van der Waals surface area (Å²) in [6.07, 6.45) is 1.33. The topological polar surface area (TPSA) is 95.0 Å². The van der Waals surface area contributed by atoms with Crippen LogP contribution in [0.4, 0.5) is 0 Å². The summed E-state index contributed by atoms with van der Waals surface area (Å²) in [4.78, 5) is 12.0. The van der Waals surface area contributed by atoms with E-state index in [1.165, 1.54) is 0 Å². The predicted molar refractivity (Wildman–Crippen MR) is 75.1 cm³/mol. The lowest BCUT2D eigenvalue weighted by Gasteiger charge is -2.09. The van der Waals surface area contributed by atoms with Gasteiger partial charge in [-0.1, -0.05) is 22.0 Å². The Balaban J connectivity index is 1.74. The summed E-state index contributed by atoms with van der Waals surface area (Å²) < 4.78 is 2.60. The van der Waals surface area contributed by atoms with Crippen LogP contribution >= 0.6 is 15.9 Å². The van der Waals surface area contributed by atoms with Crippen molar-refractivity contribution >= 4 is 21.8 Å². The summed E-state index contributed by atoms with van der Waals surface area (Å²) in [6.45, 7) is 0. The van der Waals surface area contributed by atoms with Crippen LogP contribution in [0, 0.1) is 0 Å². The van der Waals surface area contributed by atoms with Crippen molar-refractivity contribution in [3.8, 4) is 5.69 Å². The zero-order valence-electron chi connectivity index (χ0n) is 10.2. The molecule has 1 aromatic carbocycles. The Morgan fingerprint density at radius 3 is 2.85 bits per heavy atom. The molecule has 5 N–H and O–H groups in total. The number of amides is 1. The molecular formula is C11H12BrN7O. The molecule has 0 bridgehead atoms. The monoisotopic (exact) mass is 337 g/mol. The molecule has 1 amide bonds. The average molecular weight is 338 g/mol. The number of hydrazine groups is 3. The van der Waals surface area contributed by atoms with Crippen LogP contribution < -0.4 is 27.2 Å². The third-order valence-electron chi connectivity index (χ3n) is 2.67. The van der Waals surface area contributed by atoms with Crippen molar-refractivity contribution in [2.45, 2.75) is 6.29 Å². The van der Waals surface area contributed by atoms with Crippen LogP contribution in [-0.2, 0) is 0 Å². The van der Waals surface area contributed by atoms with Crippen molar-refractivity contribution < 1.29 is 4.79 Å². The van der Waals surface area contributed by atoms with Gasteiger partial charge in [0, 0.05) is 10.7 Å². The van der Waals surface area contributed by atoms with E-state index >= 15 is 0 Å². The van der Waals surface area contributed by atoms with E-state index in [0.717, 1.165) is 10.2 Å². The molecule has 8 nitrogen and oxygen atoms in total. The van der Waals surface area contributed by atoms with E-state index in [0.29, 0.717) is 5.69 Å². The standard InChI is InChI=1S/C11H12BrN7O/c12-7-2-1-3-8(6-7)19-5-4-9(16-19)10(20)13-11-14-17-18-15-11/h1-6,11,14-15,17-18H,(H,13,20). The molecule has 1 aromatic heterocycles. The van der Waals surface area contributed by atoms with Crippen LogP contribution in [-0.4, -0.2) is 22.0 Å². The highest BCUT2D eigenvalue weighted by Crippen LogP contribution is 2.15. The first-order valence-electron chi connectivity index (χ1n) is 5.86. The maximum absolute atomic E-state index is 12.0. The molecule has 0 radical (unpaired) electrons. The van der Waals surface area contributed by atoms with E-state index < -0.39 is 6.29 Å². The van der Waals surface area contributed by atoms with Crippen molar-refractivity contribution in [3.63, 3.8) is 0 Å². The van der Waals surface area contributed by atoms with Gasteiger partial charge in [-0.25, -0.2) is 15.5 Å². The summed E-state index contributed by atoms with van der Waals surface area (Å²) in [6, 6.07) is 9.32. The molecule has 1 aliphatic rings. The molecule has 1 fully saturated rings. The number of hydrogen-bond donors (Lipinski definition) is 5. The number of halogens is 1. The van der Waals surface area contributed by atoms with Gasteiger partial charge >= 0.3 is 0 Å². The van der Waals surface area contributed by atoms with Gasteiger partial charge in [-0.3, -0.25) is 4.79 Å². The normalized spacial score (nSPS) is 15.4. The highest BCUT2D eigenvalue weighted by atomic mass is 79.9. The second-order valence-corrected chi connectivity index (χ2v) is 4.99. The molecule has 0 unspecified atom stereocenters. The van der Waals surface area contributed by atoms with Gasteiger partial charge in [-0.15, -0.1) is 0 Å². The van der Waals surface area contributed by atoms with E-state index in [4.69, 9.17) is 0 Å². The number of rotatable bonds is 3. The molecule has 1 aliphatic heterocycles. The molecule has 9 heteroatoms. The van der Waals surface area contributed by atoms with Crippen molar-refractivity contribution in [2.24, 2.45) is 0 Å². The first kappa shape index (κ1) is 13.2. The smallest absolute Gasteiger partial charge is 0.274 e. The molecule has 104 valence electrons. The van der Waals surface area contributed by atoms with Crippen LogP contribution in [0.2, 0.25) is 0 Å². The molecule has 0 spiro atoms. The number of nitrogens with zero attached hydrogens (tertiary/aromatic N) is 2. The lowest BCUT2D eigenvalue weighted by Crippen LogP contribution is -2.49. The number of nitrogens with one attached hydrogen (secondary N) is 5. The van der Waals surface area contributed by atoms with Crippen LogP contribution in [0.5, 0.6) is 0 Å². The predicted octanol–water partition coefficient (Wildman–Crippen LogP) is -0.235. The Labute approximate surface area is 123 Å². The van der Waals surface area contributed by atoms with Crippen LogP contribution in [0.15, 0.2) is 41.0 Å². The third kappa shape index (κ3) is 2.86. The van der Waals surface area contributed by atoms with Crippen molar-refractivity contribution in [2.75, 3.05) is 0 Å². The Kier molecular flexibility index (Phi) is 3.76. The van der Waals surface area contributed by atoms with Gasteiger partial charge < -0.3 is 5.32 Å². The Bertz CT molecular complexity index is 623. The fourth-order valence-electron chi connectivity index (χ4n) is 1.74. The highest BCUT2D eigenvalue weighted by Gasteiger charge is 2.17. The number of carbonyl (C=O) groups excluding carboxylic acids is 1. The van der Waals surface area contributed by atoms with Crippen molar-refractivity contribution in [3.05, 3.63) is 46.7 Å². The molecule has 0 atom stereocenters. The molecule has 2 aromatic rings. The maximum atomic E-state index is 12.0. The van der Waals surface area contributed by atoms with Gasteiger partial charge in [-0.2, -0.15) is 16.2 Å². The fraction of sp³-hybridized carbons (Fsp3) is 0.0909. The number of benzene rings is 1. The van der Waals surface area contributed by atoms with E-state index in [2.05, 4.69) is 48.3 Å². The van der Waals surface area contributed by atoms with Crippen LogP contribution in [0.3, 0.4) is 0 Å². The van der Waals surface area contributed by atoms with Crippen molar-refractivity contribution in [1.29, 1.82) is 0 Å². The molecule has 1 saturated heterocycles. The van der Waals surface area contributed by atoms with E-state index in [9.17, 15) is 4.79 Å². The lowest BCUT2D eigenvalue weighted by molar-refractivity contribution is 0.0921. The average Bonchev–Trinajstić information content (AvgIpc) is 3.09. The molecule has 0 saturated carbocycles. The maximum Gasteiger partial charge on any atom is 0.274 e. The molecular weight excluding hydrogens is 326 g/mol. The molecule has 2 heterocycles. The van der Waals surface area contributed by atoms with Crippen LogP contribution in [0.25, 0.3) is 5.69 Å². The highest BCUT2D eigenvalue weighted by molar-refractivity contribution is 9.10. The second kappa shape index (κ2) is 5.69. The molecule has 20 heavy (non-hydrogen) atoms. The summed E-state index contributed by atoms with van der Waals surface area (Å²) in [5.41, 5.74) is 11.9. The summed E-state index contributed by atoms with van der Waals surface area (Å²) in [5, 5.41) is 6.95. The van der Waals surface area contributed by atoms with Gasteiger partial charge in [0.05, 0.1) is 5.69 Å². The number of hydrogen-bond acceptors (Lipinski definition) is 6. The van der Waals surface area contributed by atoms with Gasteiger partial charge in [0.2, 0.25) is 0 Å². The zero-order chi connectivity index (χ0) is 13.9. The third-order valence-corrected chi connectivity index (χ3v) is 3.16. The minimum absolute atomic E-state index is 0.283.